The van der Waals surface area contributed by atoms with Crippen LogP contribution in [-0.4, -0.2) is 19.9 Å². The number of aromatic amines is 2. The summed E-state index contributed by atoms with van der Waals surface area (Å²) in [6, 6.07) is 28.4. The van der Waals surface area contributed by atoms with E-state index in [0.717, 1.165) is 55.7 Å². The molecule has 0 aliphatic carbocycles. The number of halogens is 2. The first kappa shape index (κ1) is 22.8. The van der Waals surface area contributed by atoms with Crippen LogP contribution in [0.2, 0.25) is 10.0 Å². The van der Waals surface area contributed by atoms with E-state index in [1.54, 1.807) is 0 Å². The van der Waals surface area contributed by atoms with Crippen LogP contribution in [0, 0.1) is 0 Å². The number of fused-ring (bicyclic) bond motifs is 8. The van der Waals surface area contributed by atoms with Crippen molar-refractivity contribution >= 4 is 69.6 Å². The summed E-state index contributed by atoms with van der Waals surface area (Å²) < 4.78 is 0. The highest BCUT2D eigenvalue weighted by Gasteiger charge is 2.16. The second kappa shape index (κ2) is 9.18. The molecule has 5 heterocycles. The van der Waals surface area contributed by atoms with Gasteiger partial charge in [0, 0.05) is 22.2 Å². The molecular formula is C32H20Cl2N4. The number of rotatable bonds is 2. The van der Waals surface area contributed by atoms with Gasteiger partial charge in [-0.25, -0.2) is 9.97 Å². The number of benzene rings is 2. The Morgan fingerprint density at radius 1 is 0.421 bits per heavy atom. The van der Waals surface area contributed by atoms with Crippen LogP contribution in [0.1, 0.15) is 22.8 Å². The molecule has 0 unspecified atom stereocenters. The van der Waals surface area contributed by atoms with Crippen molar-refractivity contribution in [3.8, 4) is 22.3 Å². The number of hydrogen-bond donors (Lipinski definition) is 2. The third kappa shape index (κ3) is 3.86. The molecule has 0 spiro atoms. The van der Waals surface area contributed by atoms with E-state index >= 15 is 0 Å². The summed E-state index contributed by atoms with van der Waals surface area (Å²) in [7, 11) is 0. The molecule has 2 aliphatic heterocycles. The molecule has 3 aromatic heterocycles. The van der Waals surface area contributed by atoms with E-state index in [4.69, 9.17) is 33.2 Å². The van der Waals surface area contributed by atoms with E-state index in [2.05, 4.69) is 34.2 Å². The van der Waals surface area contributed by atoms with Crippen LogP contribution in [0.25, 0.3) is 68.6 Å². The predicted octanol–water partition coefficient (Wildman–Crippen LogP) is 9.30. The molecule has 0 saturated carbocycles. The Morgan fingerprint density at radius 3 is 1.26 bits per heavy atom. The summed E-state index contributed by atoms with van der Waals surface area (Å²) in [4.78, 5) is 16.9. The third-order valence-electron chi connectivity index (χ3n) is 6.75. The molecule has 0 amide bonds. The maximum absolute atomic E-state index is 6.95. The molecule has 2 N–H and O–H groups in total. The fraction of sp³-hybridized carbons (Fsp3) is 0. The Morgan fingerprint density at radius 2 is 0.816 bits per heavy atom. The minimum absolute atomic E-state index is 0.505. The fourth-order valence-corrected chi connectivity index (χ4v) is 5.38. The van der Waals surface area contributed by atoms with E-state index in [1.165, 1.54) is 0 Å². The van der Waals surface area contributed by atoms with Gasteiger partial charge < -0.3 is 9.97 Å². The van der Waals surface area contributed by atoms with Crippen LogP contribution >= 0.6 is 23.2 Å². The molecular weight excluding hydrogens is 511 g/mol. The molecule has 0 saturated heterocycles. The van der Waals surface area contributed by atoms with E-state index in [-0.39, 0.29) is 0 Å². The average Bonchev–Trinajstić information content (AvgIpc) is 3.77. The van der Waals surface area contributed by atoms with Crippen LogP contribution in [0.15, 0.2) is 84.9 Å². The van der Waals surface area contributed by atoms with Gasteiger partial charge in [0.25, 0.3) is 0 Å². The Labute approximate surface area is 229 Å². The molecule has 0 fully saturated rings. The Bertz CT molecular complexity index is 1790. The largest absolute Gasteiger partial charge is 0.354 e. The van der Waals surface area contributed by atoms with Crippen molar-refractivity contribution < 1.29 is 0 Å². The zero-order chi connectivity index (χ0) is 25.6. The normalized spacial score (nSPS) is 12.3. The topological polar surface area (TPSA) is 57.4 Å². The number of hydrogen-bond acceptors (Lipinski definition) is 2. The predicted molar refractivity (Wildman–Crippen MR) is 160 cm³/mol. The zero-order valence-corrected chi connectivity index (χ0v) is 21.6. The first-order valence-corrected chi connectivity index (χ1v) is 13.0. The molecule has 0 radical (unpaired) electrons. The highest BCUT2D eigenvalue weighted by Crippen LogP contribution is 2.35. The lowest BCUT2D eigenvalue weighted by atomic mass is 10.0. The summed E-state index contributed by atoms with van der Waals surface area (Å²) >= 11 is 13.8. The summed E-state index contributed by atoms with van der Waals surface area (Å²) in [5, 5.41) is 1.10. The number of aromatic nitrogens is 4. The Balaban J connectivity index is 1.64. The standard InChI is InChI=1S/C32H20Cl2N4/c33-31-25-15-11-21(35-25)29(19-7-3-1-4-8-19)22-12-16-26(36-22)32(34)28-18-14-24(38-28)30(20-9-5-2-6-10-20)23-13-17-27(31)37-23/h1-18,35,37H. The van der Waals surface area contributed by atoms with Gasteiger partial charge in [0.05, 0.1) is 43.9 Å². The molecule has 38 heavy (non-hydrogen) atoms. The van der Waals surface area contributed by atoms with E-state index < -0.39 is 0 Å². The maximum Gasteiger partial charge on any atom is 0.0919 e. The summed E-state index contributed by atoms with van der Waals surface area (Å²) in [6.07, 6.45) is 7.86. The van der Waals surface area contributed by atoms with Crippen LogP contribution in [-0.2, 0) is 0 Å². The van der Waals surface area contributed by atoms with Crippen molar-refractivity contribution in [2.45, 2.75) is 0 Å². The van der Waals surface area contributed by atoms with Crippen molar-refractivity contribution in [1.82, 2.24) is 19.9 Å². The van der Waals surface area contributed by atoms with Crippen LogP contribution in [0.5, 0.6) is 0 Å². The van der Waals surface area contributed by atoms with Gasteiger partial charge in [-0.1, -0.05) is 83.9 Å². The zero-order valence-electron chi connectivity index (χ0n) is 20.0. The first-order valence-electron chi connectivity index (χ1n) is 12.2. The quantitative estimate of drug-likeness (QED) is 0.234. The van der Waals surface area contributed by atoms with Crippen molar-refractivity contribution in [2.24, 2.45) is 0 Å². The number of nitrogens with zero attached hydrogens (tertiary/aromatic N) is 2. The smallest absolute Gasteiger partial charge is 0.0919 e. The fourth-order valence-electron chi connectivity index (χ4n) is 4.95. The lowest BCUT2D eigenvalue weighted by molar-refractivity contribution is 1.28. The number of H-pyrrole nitrogens is 2. The highest BCUT2D eigenvalue weighted by atomic mass is 35.5. The minimum Gasteiger partial charge on any atom is -0.354 e. The molecule has 0 atom stereocenters. The van der Waals surface area contributed by atoms with E-state index in [1.807, 2.05) is 85.0 Å². The van der Waals surface area contributed by atoms with Gasteiger partial charge in [-0.15, -0.1) is 0 Å². The van der Waals surface area contributed by atoms with Crippen molar-refractivity contribution in [3.05, 3.63) is 118 Å². The van der Waals surface area contributed by atoms with Gasteiger partial charge in [-0.05, 0) is 59.7 Å². The first-order chi connectivity index (χ1) is 18.7. The molecule has 5 aromatic rings. The van der Waals surface area contributed by atoms with E-state index in [9.17, 15) is 0 Å². The van der Waals surface area contributed by atoms with Gasteiger partial charge in [-0.3, -0.25) is 0 Å². The van der Waals surface area contributed by atoms with Gasteiger partial charge >= 0.3 is 0 Å². The Kier molecular flexibility index (Phi) is 5.50. The maximum atomic E-state index is 6.95. The minimum atomic E-state index is 0.505. The molecule has 8 bridgehead atoms. The molecule has 2 aliphatic rings. The highest BCUT2D eigenvalue weighted by molar-refractivity contribution is 6.37. The van der Waals surface area contributed by atoms with Crippen molar-refractivity contribution in [3.63, 3.8) is 0 Å². The average molecular weight is 531 g/mol. The monoisotopic (exact) mass is 530 g/mol. The second-order valence-electron chi connectivity index (χ2n) is 9.11. The molecule has 182 valence electrons. The van der Waals surface area contributed by atoms with Crippen LogP contribution in [0.3, 0.4) is 0 Å². The van der Waals surface area contributed by atoms with Gasteiger partial charge in [0.1, 0.15) is 0 Å². The lowest BCUT2D eigenvalue weighted by Gasteiger charge is -2.04. The molecule has 7 rings (SSSR count). The van der Waals surface area contributed by atoms with Crippen LogP contribution < -0.4 is 0 Å². The third-order valence-corrected chi connectivity index (χ3v) is 7.54. The number of nitrogens with one attached hydrogen (secondary N) is 2. The molecule has 2 aromatic carbocycles. The van der Waals surface area contributed by atoms with Crippen molar-refractivity contribution in [2.75, 3.05) is 0 Å². The van der Waals surface area contributed by atoms with Gasteiger partial charge in [0.15, 0.2) is 0 Å². The second-order valence-corrected chi connectivity index (χ2v) is 9.87. The SMILES string of the molecule is Clc1c2nc(c(-c3ccccc3)c3ccc([nH]3)c(Cl)c3ccc([nH]3)c(-c3ccccc3)c3nc1C=C3)C=C2. The lowest BCUT2D eigenvalue weighted by Crippen LogP contribution is -1.87. The summed E-state index contributed by atoms with van der Waals surface area (Å²) in [6.45, 7) is 0. The van der Waals surface area contributed by atoms with Crippen molar-refractivity contribution in [1.29, 1.82) is 0 Å². The van der Waals surface area contributed by atoms with E-state index in [0.29, 0.717) is 21.4 Å². The van der Waals surface area contributed by atoms with Gasteiger partial charge in [-0.2, -0.15) is 0 Å². The molecule has 4 nitrogen and oxygen atoms in total. The summed E-state index contributed by atoms with van der Waals surface area (Å²) in [5.41, 5.74) is 10.4. The summed E-state index contributed by atoms with van der Waals surface area (Å²) in [5.74, 6) is 0. The Hall–Kier alpha value is -4.38. The molecule has 6 heteroatoms. The van der Waals surface area contributed by atoms with Gasteiger partial charge in [0.2, 0.25) is 0 Å². The van der Waals surface area contributed by atoms with Crippen LogP contribution in [0.4, 0.5) is 0 Å².